The molecule has 1 aromatic carbocycles. The first-order chi connectivity index (χ1) is 9.72. The van der Waals surface area contributed by atoms with Crippen LogP contribution in [0.1, 0.15) is 20.8 Å². The molecule has 1 rings (SSSR count). The molecular weight excluding hydrogens is 272 g/mol. The standard InChI is InChI=1S/C15H22O4Si/c1-4-10-14(16)19-20(13-11-8-7-9-12-13)15(17-5-2)18-6-3/h4,7-12,15,20H,5-6H2,1-3H3. The molecular formula is C15H22O4Si. The van der Waals surface area contributed by atoms with Gasteiger partial charge >= 0.3 is 15.0 Å². The molecule has 5 heteroatoms. The van der Waals surface area contributed by atoms with Gasteiger partial charge in [-0.15, -0.1) is 0 Å². The summed E-state index contributed by atoms with van der Waals surface area (Å²) >= 11 is 0. The Bertz CT molecular complexity index is 413. The molecule has 0 bridgehead atoms. The number of allylic oxidation sites excluding steroid dienone is 1. The van der Waals surface area contributed by atoms with Crippen LogP contribution in [0.3, 0.4) is 0 Å². The lowest BCUT2D eigenvalue weighted by Gasteiger charge is -2.25. The topological polar surface area (TPSA) is 44.8 Å². The first-order valence-corrected chi connectivity index (χ1v) is 8.55. The highest BCUT2D eigenvalue weighted by Gasteiger charge is 2.30. The third-order valence-corrected chi connectivity index (χ3v) is 4.99. The summed E-state index contributed by atoms with van der Waals surface area (Å²) in [4.78, 5) is 11.8. The van der Waals surface area contributed by atoms with E-state index in [1.165, 1.54) is 6.08 Å². The highest BCUT2D eigenvalue weighted by molar-refractivity contribution is 6.69. The zero-order chi connectivity index (χ0) is 14.8. The molecule has 0 saturated carbocycles. The van der Waals surface area contributed by atoms with Crippen LogP contribution in [-0.4, -0.2) is 34.1 Å². The van der Waals surface area contributed by atoms with E-state index in [4.69, 9.17) is 13.9 Å². The summed E-state index contributed by atoms with van der Waals surface area (Å²) in [5.41, 5.74) is 0. The molecule has 0 radical (unpaired) electrons. The number of ether oxygens (including phenoxy) is 2. The molecule has 0 N–H and O–H groups in total. The summed E-state index contributed by atoms with van der Waals surface area (Å²) in [6.07, 6.45) is 3.08. The van der Waals surface area contributed by atoms with Crippen LogP contribution in [0.25, 0.3) is 0 Å². The quantitative estimate of drug-likeness (QED) is 0.416. The van der Waals surface area contributed by atoms with E-state index >= 15 is 0 Å². The molecule has 0 aliphatic carbocycles. The lowest BCUT2D eigenvalue weighted by Crippen LogP contribution is -2.49. The zero-order valence-electron chi connectivity index (χ0n) is 12.2. The van der Waals surface area contributed by atoms with Crippen molar-refractivity contribution in [3.8, 4) is 0 Å². The Kier molecular flexibility index (Phi) is 7.87. The van der Waals surface area contributed by atoms with Crippen LogP contribution < -0.4 is 5.19 Å². The molecule has 0 heterocycles. The highest BCUT2D eigenvalue weighted by atomic mass is 28.3. The summed E-state index contributed by atoms with van der Waals surface area (Å²) in [6.45, 7) is 6.61. The zero-order valence-corrected chi connectivity index (χ0v) is 13.4. The Morgan fingerprint density at radius 3 is 2.30 bits per heavy atom. The van der Waals surface area contributed by atoms with Gasteiger partial charge in [0.25, 0.3) is 0 Å². The third kappa shape index (κ3) is 5.28. The maximum absolute atomic E-state index is 11.8. The number of benzene rings is 1. The molecule has 1 atom stereocenters. The Morgan fingerprint density at radius 2 is 1.80 bits per heavy atom. The van der Waals surface area contributed by atoms with Gasteiger partial charge in [0.2, 0.25) is 0 Å². The maximum Gasteiger partial charge on any atom is 0.328 e. The number of hydrogen-bond donors (Lipinski definition) is 0. The van der Waals surface area contributed by atoms with Gasteiger partial charge in [0.15, 0.2) is 5.91 Å². The smallest absolute Gasteiger partial charge is 0.328 e. The maximum atomic E-state index is 11.8. The molecule has 0 fully saturated rings. The monoisotopic (exact) mass is 294 g/mol. The highest BCUT2D eigenvalue weighted by Crippen LogP contribution is 2.05. The summed E-state index contributed by atoms with van der Waals surface area (Å²) in [5.74, 6) is -0.820. The lowest BCUT2D eigenvalue weighted by molar-refractivity contribution is -0.133. The summed E-state index contributed by atoms with van der Waals surface area (Å²) in [5, 5.41) is 0.984. The van der Waals surface area contributed by atoms with Gasteiger partial charge in [-0.05, 0) is 26.0 Å². The van der Waals surface area contributed by atoms with E-state index in [0.29, 0.717) is 13.2 Å². The van der Waals surface area contributed by atoms with E-state index < -0.39 is 15.0 Å². The van der Waals surface area contributed by atoms with Crippen molar-refractivity contribution in [1.82, 2.24) is 0 Å². The fraction of sp³-hybridized carbons (Fsp3) is 0.400. The second-order valence-corrected chi connectivity index (χ2v) is 6.34. The minimum Gasteiger partial charge on any atom is -0.509 e. The Labute approximate surface area is 122 Å². The van der Waals surface area contributed by atoms with Gasteiger partial charge in [0, 0.05) is 19.3 Å². The van der Waals surface area contributed by atoms with Crippen molar-refractivity contribution >= 4 is 20.2 Å². The van der Waals surface area contributed by atoms with Crippen LogP contribution in [-0.2, 0) is 18.7 Å². The number of hydrogen-bond acceptors (Lipinski definition) is 4. The SMILES string of the molecule is CC=CC(=O)O[SiH](c1ccccc1)C(OCC)OCC. The van der Waals surface area contributed by atoms with Crippen molar-refractivity contribution in [3.05, 3.63) is 42.5 Å². The average Bonchev–Trinajstić information content (AvgIpc) is 2.46. The van der Waals surface area contributed by atoms with Crippen LogP contribution in [0.4, 0.5) is 0 Å². The second-order valence-electron chi connectivity index (χ2n) is 4.05. The molecule has 0 aliphatic rings. The van der Waals surface area contributed by atoms with Gasteiger partial charge in [-0.3, -0.25) is 0 Å². The lowest BCUT2D eigenvalue weighted by atomic mass is 10.4. The van der Waals surface area contributed by atoms with E-state index in [-0.39, 0.29) is 5.97 Å². The molecule has 0 amide bonds. The van der Waals surface area contributed by atoms with Gasteiger partial charge in [-0.1, -0.05) is 36.4 Å². The van der Waals surface area contributed by atoms with E-state index in [0.717, 1.165) is 5.19 Å². The van der Waals surface area contributed by atoms with Crippen LogP contribution in [0.5, 0.6) is 0 Å². The summed E-state index contributed by atoms with van der Waals surface area (Å²) in [6, 6.07) is 9.68. The Hall–Kier alpha value is -1.43. The molecule has 0 spiro atoms. The van der Waals surface area contributed by atoms with Crippen molar-refractivity contribution < 1.29 is 18.7 Å². The number of carbonyl (C=O) groups excluding carboxylic acids is 1. The second kappa shape index (κ2) is 9.47. The molecule has 1 unspecified atom stereocenters. The van der Waals surface area contributed by atoms with Crippen molar-refractivity contribution in [2.45, 2.75) is 26.7 Å². The van der Waals surface area contributed by atoms with E-state index in [1.54, 1.807) is 13.0 Å². The van der Waals surface area contributed by atoms with Gasteiger partial charge in [0.05, 0.1) is 0 Å². The Balaban J connectivity index is 2.95. The fourth-order valence-electron chi connectivity index (χ4n) is 1.78. The van der Waals surface area contributed by atoms with Gasteiger partial charge in [-0.25, -0.2) is 4.79 Å². The average molecular weight is 294 g/mol. The van der Waals surface area contributed by atoms with Gasteiger partial charge < -0.3 is 13.9 Å². The Morgan fingerprint density at radius 1 is 1.20 bits per heavy atom. The van der Waals surface area contributed by atoms with Gasteiger partial charge in [-0.2, -0.15) is 0 Å². The van der Waals surface area contributed by atoms with Crippen LogP contribution >= 0.6 is 0 Å². The fourth-order valence-corrected chi connectivity index (χ4v) is 4.00. The van der Waals surface area contributed by atoms with Crippen molar-refractivity contribution in [2.75, 3.05) is 13.2 Å². The van der Waals surface area contributed by atoms with Crippen LogP contribution in [0.2, 0.25) is 0 Å². The minimum absolute atomic E-state index is 0.350. The summed E-state index contributed by atoms with van der Waals surface area (Å²) in [7, 11) is -2.18. The first kappa shape index (κ1) is 16.6. The van der Waals surface area contributed by atoms with Crippen molar-refractivity contribution in [3.63, 3.8) is 0 Å². The third-order valence-electron chi connectivity index (χ3n) is 2.58. The number of carbonyl (C=O) groups is 1. The molecule has 0 aliphatic heterocycles. The van der Waals surface area contributed by atoms with Crippen molar-refractivity contribution in [2.24, 2.45) is 0 Å². The molecule has 0 aromatic heterocycles. The molecule has 20 heavy (non-hydrogen) atoms. The van der Waals surface area contributed by atoms with E-state index in [2.05, 4.69) is 0 Å². The predicted molar refractivity (Wildman–Crippen MR) is 81.2 cm³/mol. The molecule has 110 valence electrons. The van der Waals surface area contributed by atoms with Crippen LogP contribution in [0, 0.1) is 0 Å². The summed E-state index contributed by atoms with van der Waals surface area (Å²) < 4.78 is 16.8. The predicted octanol–water partition coefficient (Wildman–Crippen LogP) is 1.68. The largest absolute Gasteiger partial charge is 0.509 e. The van der Waals surface area contributed by atoms with Gasteiger partial charge in [0.1, 0.15) is 0 Å². The van der Waals surface area contributed by atoms with E-state index in [1.807, 2.05) is 44.2 Å². The van der Waals surface area contributed by atoms with E-state index in [9.17, 15) is 4.79 Å². The first-order valence-electron chi connectivity index (χ1n) is 6.84. The molecule has 0 saturated heterocycles. The number of rotatable bonds is 8. The minimum atomic E-state index is -2.18. The van der Waals surface area contributed by atoms with Crippen LogP contribution in [0.15, 0.2) is 42.5 Å². The normalized spacial score (nSPS) is 12.8. The molecule has 4 nitrogen and oxygen atoms in total. The molecule has 1 aromatic rings. The van der Waals surface area contributed by atoms with Crippen molar-refractivity contribution in [1.29, 1.82) is 0 Å².